The standard InChI is InChI=1S/C10H5F3N2O3/c11-10(12,13)9(18)15-7-2-1-5(4-14)3-6(7)8(16)17/h1-3H,(H,15,18)(H,16,17). The highest BCUT2D eigenvalue weighted by Gasteiger charge is 2.39. The molecule has 0 unspecified atom stereocenters. The van der Waals surface area contributed by atoms with Gasteiger partial charge in [-0.05, 0) is 18.2 Å². The lowest BCUT2D eigenvalue weighted by Crippen LogP contribution is -2.30. The zero-order valence-corrected chi connectivity index (χ0v) is 8.58. The summed E-state index contributed by atoms with van der Waals surface area (Å²) in [6.07, 6.45) is -5.12. The Bertz CT molecular complexity index is 546. The highest BCUT2D eigenvalue weighted by Crippen LogP contribution is 2.22. The van der Waals surface area contributed by atoms with Crippen molar-refractivity contribution in [3.05, 3.63) is 29.3 Å². The first-order chi connectivity index (χ1) is 8.25. The van der Waals surface area contributed by atoms with E-state index in [2.05, 4.69) is 0 Å². The summed E-state index contributed by atoms with van der Waals surface area (Å²) < 4.78 is 36.0. The van der Waals surface area contributed by atoms with Crippen LogP contribution in [0.15, 0.2) is 18.2 Å². The Morgan fingerprint density at radius 3 is 2.39 bits per heavy atom. The van der Waals surface area contributed by atoms with Crippen LogP contribution in [0.25, 0.3) is 0 Å². The molecule has 1 aromatic rings. The number of carboxylic acids is 1. The number of alkyl halides is 3. The van der Waals surface area contributed by atoms with Crippen LogP contribution in [0.3, 0.4) is 0 Å². The topological polar surface area (TPSA) is 90.2 Å². The highest BCUT2D eigenvalue weighted by molar-refractivity contribution is 6.02. The van der Waals surface area contributed by atoms with E-state index in [4.69, 9.17) is 10.4 Å². The second-order valence-electron chi connectivity index (χ2n) is 3.13. The minimum Gasteiger partial charge on any atom is -0.478 e. The number of carbonyl (C=O) groups is 2. The van der Waals surface area contributed by atoms with Gasteiger partial charge in [-0.15, -0.1) is 0 Å². The van der Waals surface area contributed by atoms with Crippen molar-refractivity contribution >= 4 is 17.6 Å². The number of carbonyl (C=O) groups excluding carboxylic acids is 1. The molecule has 0 bridgehead atoms. The number of hydrogen-bond donors (Lipinski definition) is 2. The van der Waals surface area contributed by atoms with Crippen molar-refractivity contribution in [3.63, 3.8) is 0 Å². The van der Waals surface area contributed by atoms with Gasteiger partial charge in [-0.1, -0.05) is 0 Å². The van der Waals surface area contributed by atoms with Crippen LogP contribution in [0.1, 0.15) is 15.9 Å². The molecule has 5 nitrogen and oxygen atoms in total. The van der Waals surface area contributed by atoms with Gasteiger partial charge in [-0.25, -0.2) is 4.79 Å². The van der Waals surface area contributed by atoms with Crippen LogP contribution in [-0.2, 0) is 4.79 Å². The number of anilines is 1. The van der Waals surface area contributed by atoms with E-state index in [1.165, 1.54) is 5.32 Å². The number of halogens is 3. The molecule has 0 aliphatic heterocycles. The maximum Gasteiger partial charge on any atom is 0.471 e. The van der Waals surface area contributed by atoms with Crippen molar-refractivity contribution in [2.75, 3.05) is 5.32 Å². The summed E-state index contributed by atoms with van der Waals surface area (Å²) in [6.45, 7) is 0. The molecule has 1 amide bonds. The third kappa shape index (κ3) is 2.98. The quantitative estimate of drug-likeness (QED) is 0.845. The molecule has 0 heterocycles. The van der Waals surface area contributed by atoms with Crippen molar-refractivity contribution in [2.45, 2.75) is 6.18 Å². The number of nitrogens with zero attached hydrogens (tertiary/aromatic N) is 1. The molecule has 1 aromatic carbocycles. The van der Waals surface area contributed by atoms with Crippen molar-refractivity contribution in [1.29, 1.82) is 5.26 Å². The fourth-order valence-corrected chi connectivity index (χ4v) is 1.09. The largest absolute Gasteiger partial charge is 0.478 e. The molecule has 0 atom stereocenters. The molecule has 0 fully saturated rings. The van der Waals surface area contributed by atoms with Gasteiger partial charge in [0.05, 0.1) is 22.9 Å². The molecule has 1 rings (SSSR count). The molecule has 0 saturated carbocycles. The van der Waals surface area contributed by atoms with E-state index in [0.29, 0.717) is 0 Å². The Kier molecular flexibility index (Phi) is 3.56. The molecule has 0 aliphatic rings. The van der Waals surface area contributed by atoms with Crippen LogP contribution in [0.5, 0.6) is 0 Å². The fraction of sp³-hybridized carbons (Fsp3) is 0.100. The van der Waals surface area contributed by atoms with Crippen LogP contribution in [-0.4, -0.2) is 23.2 Å². The van der Waals surface area contributed by atoms with Crippen LogP contribution >= 0.6 is 0 Å². The van der Waals surface area contributed by atoms with Gasteiger partial charge in [0.25, 0.3) is 0 Å². The third-order valence-electron chi connectivity index (χ3n) is 1.88. The first-order valence-corrected chi connectivity index (χ1v) is 4.41. The predicted molar refractivity (Wildman–Crippen MR) is 52.8 cm³/mol. The number of rotatable bonds is 2. The predicted octanol–water partition coefficient (Wildman–Crippen LogP) is 1.76. The fourth-order valence-electron chi connectivity index (χ4n) is 1.09. The SMILES string of the molecule is N#Cc1ccc(NC(=O)C(F)(F)F)c(C(=O)O)c1. The van der Waals surface area contributed by atoms with E-state index < -0.39 is 29.3 Å². The monoisotopic (exact) mass is 258 g/mol. The smallest absolute Gasteiger partial charge is 0.471 e. The van der Waals surface area contributed by atoms with E-state index in [1.54, 1.807) is 6.07 Å². The Labute approximate surface area is 98.4 Å². The van der Waals surface area contributed by atoms with Crippen molar-refractivity contribution < 1.29 is 27.9 Å². The van der Waals surface area contributed by atoms with Gasteiger partial charge in [-0.3, -0.25) is 4.79 Å². The summed E-state index contributed by atoms with van der Waals surface area (Å²) in [5.74, 6) is -3.83. The van der Waals surface area contributed by atoms with Gasteiger partial charge in [0.1, 0.15) is 0 Å². The van der Waals surface area contributed by atoms with E-state index >= 15 is 0 Å². The summed E-state index contributed by atoms with van der Waals surface area (Å²) in [4.78, 5) is 21.4. The van der Waals surface area contributed by atoms with Gasteiger partial charge in [0, 0.05) is 0 Å². The van der Waals surface area contributed by atoms with Crippen molar-refractivity contribution in [2.24, 2.45) is 0 Å². The number of carboxylic acid groups (broad SMARTS) is 1. The Morgan fingerprint density at radius 2 is 1.94 bits per heavy atom. The second kappa shape index (κ2) is 4.75. The number of hydrogen-bond acceptors (Lipinski definition) is 3. The summed E-state index contributed by atoms with van der Waals surface area (Å²) in [5, 5.41) is 18.7. The molecule has 2 N–H and O–H groups in total. The van der Waals surface area contributed by atoms with E-state index in [9.17, 15) is 22.8 Å². The Balaban J connectivity index is 3.14. The summed E-state index contributed by atoms with van der Waals surface area (Å²) in [5.41, 5.74) is -1.16. The molecule has 8 heteroatoms. The van der Waals surface area contributed by atoms with Gasteiger partial charge in [-0.2, -0.15) is 18.4 Å². The number of nitriles is 1. The minimum absolute atomic E-state index is 0.0441. The van der Waals surface area contributed by atoms with Gasteiger partial charge < -0.3 is 10.4 Å². The Hall–Kier alpha value is -2.56. The third-order valence-corrected chi connectivity index (χ3v) is 1.88. The van der Waals surface area contributed by atoms with E-state index in [0.717, 1.165) is 18.2 Å². The summed E-state index contributed by atoms with van der Waals surface area (Å²) in [6, 6.07) is 4.52. The van der Waals surface area contributed by atoms with Gasteiger partial charge in [0.2, 0.25) is 0 Å². The zero-order chi connectivity index (χ0) is 13.9. The highest BCUT2D eigenvalue weighted by atomic mass is 19.4. The van der Waals surface area contributed by atoms with Gasteiger partial charge in [0.15, 0.2) is 0 Å². The van der Waals surface area contributed by atoms with E-state index in [1.807, 2.05) is 0 Å². The first kappa shape index (κ1) is 13.5. The van der Waals surface area contributed by atoms with Crippen molar-refractivity contribution in [3.8, 4) is 6.07 Å². The minimum atomic E-state index is -5.12. The van der Waals surface area contributed by atoms with Crippen LogP contribution in [0.2, 0.25) is 0 Å². The molecule has 94 valence electrons. The molecule has 18 heavy (non-hydrogen) atoms. The number of nitrogens with one attached hydrogen (secondary N) is 1. The molecule has 0 radical (unpaired) electrons. The number of amides is 1. The Morgan fingerprint density at radius 1 is 1.33 bits per heavy atom. The zero-order valence-electron chi connectivity index (χ0n) is 8.58. The summed E-state index contributed by atoms with van der Waals surface area (Å²) in [7, 11) is 0. The normalized spacial score (nSPS) is 10.6. The lowest BCUT2D eigenvalue weighted by atomic mass is 10.1. The molecular formula is C10H5F3N2O3. The molecule has 0 aromatic heterocycles. The van der Waals surface area contributed by atoms with Crippen molar-refractivity contribution in [1.82, 2.24) is 0 Å². The molecule has 0 saturated heterocycles. The molecule has 0 aliphatic carbocycles. The summed E-state index contributed by atoms with van der Waals surface area (Å²) >= 11 is 0. The average Bonchev–Trinajstić information content (AvgIpc) is 2.27. The van der Waals surface area contributed by atoms with E-state index in [-0.39, 0.29) is 5.56 Å². The molecule has 0 spiro atoms. The molecular weight excluding hydrogens is 253 g/mol. The number of benzene rings is 1. The van der Waals surface area contributed by atoms with Crippen LogP contribution in [0.4, 0.5) is 18.9 Å². The number of aromatic carboxylic acids is 1. The lowest BCUT2D eigenvalue weighted by Gasteiger charge is -2.10. The van der Waals surface area contributed by atoms with Crippen LogP contribution < -0.4 is 5.32 Å². The lowest BCUT2D eigenvalue weighted by molar-refractivity contribution is -0.167. The van der Waals surface area contributed by atoms with Crippen LogP contribution in [0, 0.1) is 11.3 Å². The van der Waals surface area contributed by atoms with Gasteiger partial charge >= 0.3 is 18.1 Å². The average molecular weight is 258 g/mol. The second-order valence-corrected chi connectivity index (χ2v) is 3.13. The maximum absolute atomic E-state index is 12.0. The maximum atomic E-state index is 12.0. The first-order valence-electron chi connectivity index (χ1n) is 4.41.